The lowest BCUT2D eigenvalue weighted by molar-refractivity contribution is -0.136. The van der Waals surface area contributed by atoms with Crippen LogP contribution in [0.2, 0.25) is 0 Å². The number of aliphatic hydroxyl groups excluding tert-OH is 1. The number of carbonyl (C=O) groups excluding carboxylic acids is 1. The lowest BCUT2D eigenvalue weighted by Gasteiger charge is -2.37. The van der Waals surface area contributed by atoms with Crippen LogP contribution in [0.3, 0.4) is 0 Å². The van der Waals surface area contributed by atoms with Crippen molar-refractivity contribution >= 4 is 17.2 Å². The van der Waals surface area contributed by atoms with Crippen LogP contribution in [0.5, 0.6) is 11.5 Å². The van der Waals surface area contributed by atoms with E-state index in [9.17, 15) is 9.90 Å². The molecule has 1 aliphatic heterocycles. The van der Waals surface area contributed by atoms with Gasteiger partial charge in [-0.3, -0.25) is 9.69 Å². The molecule has 1 aliphatic rings. The highest BCUT2D eigenvalue weighted by Gasteiger charge is 2.33. The number of hydrogen-bond acceptors (Lipinski definition) is 8. The Morgan fingerprint density at radius 2 is 2.00 bits per heavy atom. The molecule has 1 aromatic heterocycles. The molecule has 8 nitrogen and oxygen atoms in total. The predicted octanol–water partition coefficient (Wildman–Crippen LogP) is 2.22. The summed E-state index contributed by atoms with van der Waals surface area (Å²) in [5, 5.41) is 12.3. The number of nitrogens with zero attached hydrogens (tertiary/aromatic N) is 2. The standard InChI is InChI=1S/C24H34N2O6S/c1-29-12-11-25(14-18(27)16-30-2)15-24(28)26-10-8-23-19(9-13-33-23)20(26)17-32-22-7-5-4-6-21(22)31-3/h4-7,9,13,18,20,27H,8,10-12,14-17H2,1-3H3/t18-,20-/m1/s1. The van der Waals surface area contributed by atoms with Gasteiger partial charge in [-0.05, 0) is 35.6 Å². The van der Waals surface area contributed by atoms with Crippen molar-refractivity contribution in [2.24, 2.45) is 0 Å². The summed E-state index contributed by atoms with van der Waals surface area (Å²) in [6.45, 7) is 2.73. The van der Waals surface area contributed by atoms with E-state index in [-0.39, 0.29) is 25.1 Å². The maximum atomic E-state index is 13.4. The summed E-state index contributed by atoms with van der Waals surface area (Å²) < 4.78 is 21.8. The van der Waals surface area contributed by atoms with Crippen LogP contribution in [0, 0.1) is 0 Å². The van der Waals surface area contributed by atoms with Gasteiger partial charge in [0.1, 0.15) is 6.61 Å². The monoisotopic (exact) mass is 478 g/mol. The zero-order chi connectivity index (χ0) is 23.6. The number of ether oxygens (including phenoxy) is 4. The summed E-state index contributed by atoms with van der Waals surface area (Å²) in [5.41, 5.74) is 1.14. The lowest BCUT2D eigenvalue weighted by atomic mass is 10.0. The summed E-state index contributed by atoms with van der Waals surface area (Å²) in [4.78, 5) is 18.5. The average Bonchev–Trinajstić information content (AvgIpc) is 3.30. The first-order valence-electron chi connectivity index (χ1n) is 11.1. The summed E-state index contributed by atoms with van der Waals surface area (Å²) in [6, 6.07) is 9.41. The first kappa shape index (κ1) is 25.5. The molecule has 1 aromatic carbocycles. The number of aliphatic hydroxyl groups is 1. The number of thiophene rings is 1. The molecule has 2 aromatic rings. The third-order valence-corrected chi connectivity index (χ3v) is 6.68. The van der Waals surface area contributed by atoms with Crippen molar-refractivity contribution in [2.75, 3.05) is 67.3 Å². The minimum Gasteiger partial charge on any atom is -0.493 e. The van der Waals surface area contributed by atoms with Gasteiger partial charge in [-0.15, -0.1) is 11.3 Å². The topological polar surface area (TPSA) is 80.7 Å². The van der Waals surface area contributed by atoms with E-state index in [1.807, 2.05) is 34.1 Å². The maximum absolute atomic E-state index is 13.4. The third kappa shape index (κ3) is 6.91. The Bertz CT molecular complexity index is 876. The normalized spacial score (nSPS) is 16.5. The van der Waals surface area contributed by atoms with Crippen molar-refractivity contribution in [1.29, 1.82) is 0 Å². The zero-order valence-electron chi connectivity index (χ0n) is 19.6. The number of fused-ring (bicyclic) bond motifs is 1. The van der Waals surface area contributed by atoms with Crippen LogP contribution in [0.25, 0.3) is 0 Å². The van der Waals surface area contributed by atoms with Crippen molar-refractivity contribution in [3.8, 4) is 11.5 Å². The van der Waals surface area contributed by atoms with Crippen LogP contribution in [-0.2, 0) is 20.7 Å². The highest BCUT2D eigenvalue weighted by atomic mass is 32.1. The summed E-state index contributed by atoms with van der Waals surface area (Å²) in [6.07, 6.45) is 0.156. The van der Waals surface area contributed by atoms with Gasteiger partial charge in [-0.2, -0.15) is 0 Å². The van der Waals surface area contributed by atoms with E-state index in [1.165, 1.54) is 4.88 Å². The molecule has 0 aliphatic carbocycles. The maximum Gasteiger partial charge on any atom is 0.237 e. The zero-order valence-corrected chi connectivity index (χ0v) is 20.4. The Morgan fingerprint density at radius 3 is 2.73 bits per heavy atom. The molecule has 0 fully saturated rings. The molecule has 182 valence electrons. The van der Waals surface area contributed by atoms with Crippen LogP contribution in [-0.4, -0.2) is 94.2 Å². The van der Waals surface area contributed by atoms with Crippen molar-refractivity contribution in [1.82, 2.24) is 9.80 Å². The second-order valence-electron chi connectivity index (χ2n) is 7.95. The molecule has 3 rings (SSSR count). The second kappa shape index (κ2) is 12.9. The van der Waals surface area contributed by atoms with Crippen LogP contribution >= 0.6 is 11.3 Å². The Labute approximate surface area is 199 Å². The molecule has 0 saturated heterocycles. The van der Waals surface area contributed by atoms with Crippen molar-refractivity contribution in [3.05, 3.63) is 46.2 Å². The Balaban J connectivity index is 1.73. The molecule has 0 radical (unpaired) electrons. The van der Waals surface area contributed by atoms with Gasteiger partial charge in [-0.1, -0.05) is 12.1 Å². The Kier molecular flexibility index (Phi) is 9.95. The first-order chi connectivity index (χ1) is 16.1. The fraction of sp³-hybridized carbons (Fsp3) is 0.542. The fourth-order valence-corrected chi connectivity index (χ4v) is 4.99. The SMILES string of the molecule is COCCN(CC(=O)N1CCc2sccc2[C@H]1COc1ccccc1OC)C[C@@H](O)COC. The minimum absolute atomic E-state index is 0.00111. The molecule has 0 spiro atoms. The van der Waals surface area contributed by atoms with Crippen LogP contribution in [0.1, 0.15) is 16.5 Å². The van der Waals surface area contributed by atoms with Gasteiger partial charge in [0.05, 0.1) is 39.0 Å². The first-order valence-corrected chi connectivity index (χ1v) is 11.9. The van der Waals surface area contributed by atoms with Crippen molar-refractivity contribution in [2.45, 2.75) is 18.6 Å². The van der Waals surface area contributed by atoms with Gasteiger partial charge >= 0.3 is 0 Å². The summed E-state index contributed by atoms with van der Waals surface area (Å²) in [5.74, 6) is 1.31. The molecule has 33 heavy (non-hydrogen) atoms. The van der Waals surface area contributed by atoms with E-state index >= 15 is 0 Å². The molecule has 9 heteroatoms. The van der Waals surface area contributed by atoms with Crippen molar-refractivity contribution in [3.63, 3.8) is 0 Å². The van der Waals surface area contributed by atoms with Gasteiger partial charge in [0.15, 0.2) is 11.5 Å². The van der Waals surface area contributed by atoms with Crippen LogP contribution < -0.4 is 9.47 Å². The quantitative estimate of drug-likeness (QED) is 0.473. The van der Waals surface area contributed by atoms with Gasteiger partial charge in [0, 0.05) is 38.7 Å². The molecule has 1 N–H and O–H groups in total. The summed E-state index contributed by atoms with van der Waals surface area (Å²) >= 11 is 1.72. The summed E-state index contributed by atoms with van der Waals surface area (Å²) in [7, 11) is 4.79. The fourth-order valence-electron chi connectivity index (χ4n) is 4.06. The number of hydrogen-bond donors (Lipinski definition) is 1. The number of para-hydroxylation sites is 2. The molecule has 1 amide bonds. The largest absolute Gasteiger partial charge is 0.493 e. The van der Waals surface area contributed by atoms with E-state index in [4.69, 9.17) is 18.9 Å². The molecular formula is C24H34N2O6S. The molecule has 2 atom stereocenters. The molecule has 0 bridgehead atoms. The lowest BCUT2D eigenvalue weighted by Crippen LogP contribution is -2.48. The average molecular weight is 479 g/mol. The van der Waals surface area contributed by atoms with E-state index < -0.39 is 6.10 Å². The smallest absolute Gasteiger partial charge is 0.237 e. The van der Waals surface area contributed by atoms with Gasteiger partial charge in [0.2, 0.25) is 5.91 Å². The minimum atomic E-state index is -0.672. The van der Waals surface area contributed by atoms with Crippen LogP contribution in [0.15, 0.2) is 35.7 Å². The second-order valence-corrected chi connectivity index (χ2v) is 8.95. The Morgan fingerprint density at radius 1 is 1.21 bits per heavy atom. The third-order valence-electron chi connectivity index (χ3n) is 5.68. The molecule has 2 heterocycles. The molecular weight excluding hydrogens is 444 g/mol. The highest BCUT2D eigenvalue weighted by Crippen LogP contribution is 2.35. The van der Waals surface area contributed by atoms with E-state index in [0.717, 1.165) is 12.0 Å². The molecule has 0 saturated carbocycles. The highest BCUT2D eigenvalue weighted by molar-refractivity contribution is 7.10. The number of benzene rings is 1. The van der Waals surface area contributed by atoms with Gasteiger partial charge in [0.25, 0.3) is 0 Å². The predicted molar refractivity (Wildman–Crippen MR) is 127 cm³/mol. The van der Waals surface area contributed by atoms with Crippen LogP contribution in [0.4, 0.5) is 0 Å². The van der Waals surface area contributed by atoms with E-state index in [2.05, 4.69) is 11.4 Å². The number of methoxy groups -OCH3 is 3. The van der Waals surface area contributed by atoms with Gasteiger partial charge in [-0.25, -0.2) is 0 Å². The van der Waals surface area contributed by atoms with E-state index in [1.54, 1.807) is 32.7 Å². The number of rotatable bonds is 13. The van der Waals surface area contributed by atoms with Gasteiger partial charge < -0.3 is 29.0 Å². The molecule has 0 unspecified atom stereocenters. The van der Waals surface area contributed by atoms with Crippen molar-refractivity contribution < 1.29 is 28.8 Å². The van der Waals surface area contributed by atoms with E-state index in [0.29, 0.717) is 44.3 Å². The number of amides is 1. The Hall–Kier alpha value is -2.17. The number of carbonyl (C=O) groups is 1.